The molecule has 0 aliphatic rings. The molecule has 0 heterocycles. The SMILES string of the molecule is CCc1ccc(CC)c(C(N)c2ccc(F)c(OC)c2)c1. The number of hydrogen-bond acceptors (Lipinski definition) is 2. The van der Waals surface area contributed by atoms with Crippen molar-refractivity contribution in [1.82, 2.24) is 0 Å². The molecule has 2 aromatic carbocycles. The zero-order valence-electron chi connectivity index (χ0n) is 12.8. The molecule has 0 fully saturated rings. The summed E-state index contributed by atoms with van der Waals surface area (Å²) in [5.74, 6) is -0.140. The van der Waals surface area contributed by atoms with E-state index >= 15 is 0 Å². The average Bonchev–Trinajstić information content (AvgIpc) is 2.54. The molecule has 0 spiro atoms. The van der Waals surface area contributed by atoms with Gasteiger partial charge in [-0.05, 0) is 47.2 Å². The van der Waals surface area contributed by atoms with Crippen LogP contribution in [0.3, 0.4) is 0 Å². The van der Waals surface area contributed by atoms with E-state index in [1.807, 2.05) is 0 Å². The van der Waals surface area contributed by atoms with E-state index in [-0.39, 0.29) is 17.6 Å². The molecule has 0 bridgehead atoms. The van der Waals surface area contributed by atoms with Gasteiger partial charge >= 0.3 is 0 Å². The fourth-order valence-electron chi connectivity index (χ4n) is 2.53. The van der Waals surface area contributed by atoms with Crippen molar-refractivity contribution < 1.29 is 9.13 Å². The summed E-state index contributed by atoms with van der Waals surface area (Å²) in [4.78, 5) is 0. The first-order chi connectivity index (χ1) is 10.1. The molecule has 0 aliphatic heterocycles. The van der Waals surface area contributed by atoms with Crippen LogP contribution in [-0.4, -0.2) is 7.11 Å². The van der Waals surface area contributed by atoms with Gasteiger partial charge in [-0.3, -0.25) is 0 Å². The third-order valence-electron chi connectivity index (χ3n) is 3.87. The van der Waals surface area contributed by atoms with E-state index < -0.39 is 0 Å². The molecule has 0 amide bonds. The van der Waals surface area contributed by atoms with Gasteiger partial charge in [0.1, 0.15) is 0 Å². The molecule has 0 radical (unpaired) electrons. The van der Waals surface area contributed by atoms with Gasteiger partial charge in [0.05, 0.1) is 13.2 Å². The predicted octanol–water partition coefficient (Wildman–Crippen LogP) is 4.01. The molecule has 2 rings (SSSR count). The van der Waals surface area contributed by atoms with Gasteiger partial charge in [0.25, 0.3) is 0 Å². The number of nitrogens with two attached hydrogens (primary N) is 1. The highest BCUT2D eigenvalue weighted by molar-refractivity contribution is 5.42. The monoisotopic (exact) mass is 287 g/mol. The van der Waals surface area contributed by atoms with Crippen LogP contribution in [0.25, 0.3) is 0 Å². The summed E-state index contributed by atoms with van der Waals surface area (Å²) in [5.41, 5.74) is 10.9. The minimum Gasteiger partial charge on any atom is -0.494 e. The quantitative estimate of drug-likeness (QED) is 0.902. The Hall–Kier alpha value is -1.87. The number of aryl methyl sites for hydroxylation is 2. The van der Waals surface area contributed by atoms with Crippen LogP contribution in [0.2, 0.25) is 0 Å². The molecule has 112 valence electrons. The lowest BCUT2D eigenvalue weighted by Gasteiger charge is -2.18. The highest BCUT2D eigenvalue weighted by Crippen LogP contribution is 2.28. The number of halogens is 1. The van der Waals surface area contributed by atoms with Gasteiger partial charge in [-0.15, -0.1) is 0 Å². The van der Waals surface area contributed by atoms with E-state index in [2.05, 4.69) is 32.0 Å². The molecule has 0 saturated carbocycles. The summed E-state index contributed by atoms with van der Waals surface area (Å²) in [6.07, 6.45) is 1.89. The second-order valence-corrected chi connectivity index (χ2v) is 5.11. The van der Waals surface area contributed by atoms with Crippen molar-refractivity contribution in [2.24, 2.45) is 5.73 Å². The molecule has 2 N–H and O–H groups in total. The van der Waals surface area contributed by atoms with Gasteiger partial charge in [-0.25, -0.2) is 4.39 Å². The highest BCUT2D eigenvalue weighted by Gasteiger charge is 2.15. The van der Waals surface area contributed by atoms with Gasteiger partial charge in [0, 0.05) is 0 Å². The van der Waals surface area contributed by atoms with Crippen LogP contribution < -0.4 is 10.5 Å². The van der Waals surface area contributed by atoms with Crippen LogP contribution in [0.15, 0.2) is 36.4 Å². The first-order valence-corrected chi connectivity index (χ1v) is 7.31. The lowest BCUT2D eigenvalue weighted by Crippen LogP contribution is -2.14. The first kappa shape index (κ1) is 15.5. The van der Waals surface area contributed by atoms with E-state index in [0.717, 1.165) is 24.0 Å². The van der Waals surface area contributed by atoms with E-state index in [1.54, 1.807) is 12.1 Å². The molecule has 21 heavy (non-hydrogen) atoms. The number of benzene rings is 2. The second-order valence-electron chi connectivity index (χ2n) is 5.11. The standard InChI is InChI=1S/C18H22FNO/c1-4-12-6-7-13(5-2)15(10-12)18(20)14-8-9-16(19)17(11-14)21-3/h6-11,18H,4-5,20H2,1-3H3. The van der Waals surface area contributed by atoms with Crippen LogP contribution in [0.4, 0.5) is 4.39 Å². The number of ether oxygens (including phenoxy) is 1. The fourth-order valence-corrected chi connectivity index (χ4v) is 2.53. The van der Waals surface area contributed by atoms with Crippen LogP contribution in [-0.2, 0) is 12.8 Å². The average molecular weight is 287 g/mol. The number of methoxy groups -OCH3 is 1. The summed E-state index contributed by atoms with van der Waals surface area (Å²) >= 11 is 0. The Morgan fingerprint density at radius 3 is 2.48 bits per heavy atom. The van der Waals surface area contributed by atoms with Crippen molar-refractivity contribution in [2.45, 2.75) is 32.7 Å². The Labute approximate surface area is 125 Å². The summed E-state index contributed by atoms with van der Waals surface area (Å²) in [6, 6.07) is 11.0. The maximum Gasteiger partial charge on any atom is 0.165 e. The minimum absolute atomic E-state index is 0.229. The zero-order chi connectivity index (χ0) is 15.4. The molecule has 3 heteroatoms. The molecular formula is C18H22FNO. The second kappa shape index (κ2) is 6.72. The van der Waals surface area contributed by atoms with Crippen LogP contribution in [0.5, 0.6) is 5.75 Å². The predicted molar refractivity (Wildman–Crippen MR) is 84.2 cm³/mol. The molecule has 2 nitrogen and oxygen atoms in total. The van der Waals surface area contributed by atoms with E-state index in [9.17, 15) is 4.39 Å². The van der Waals surface area contributed by atoms with Crippen LogP contribution >= 0.6 is 0 Å². The molecular weight excluding hydrogens is 265 g/mol. The van der Waals surface area contributed by atoms with E-state index in [4.69, 9.17) is 10.5 Å². The molecule has 1 atom stereocenters. The van der Waals surface area contributed by atoms with Gasteiger partial charge in [-0.1, -0.05) is 38.1 Å². The summed E-state index contributed by atoms with van der Waals surface area (Å²) < 4.78 is 18.6. The molecule has 0 aromatic heterocycles. The van der Waals surface area contributed by atoms with E-state index in [0.29, 0.717) is 0 Å². The molecule has 1 unspecified atom stereocenters. The molecule has 2 aromatic rings. The summed E-state index contributed by atoms with van der Waals surface area (Å²) in [5, 5.41) is 0. The third-order valence-corrected chi connectivity index (χ3v) is 3.87. The Morgan fingerprint density at radius 1 is 1.10 bits per heavy atom. The highest BCUT2D eigenvalue weighted by atomic mass is 19.1. The lowest BCUT2D eigenvalue weighted by atomic mass is 9.91. The van der Waals surface area contributed by atoms with Crippen LogP contribution in [0, 0.1) is 5.82 Å². The van der Waals surface area contributed by atoms with Crippen molar-refractivity contribution >= 4 is 0 Å². The molecule has 0 aliphatic carbocycles. The van der Waals surface area contributed by atoms with Gasteiger partial charge in [0.2, 0.25) is 0 Å². The third kappa shape index (κ3) is 3.24. The number of hydrogen-bond donors (Lipinski definition) is 1. The Kier molecular flexibility index (Phi) is 4.97. The van der Waals surface area contributed by atoms with Crippen molar-refractivity contribution in [2.75, 3.05) is 7.11 Å². The minimum atomic E-state index is -0.369. The largest absolute Gasteiger partial charge is 0.494 e. The number of rotatable bonds is 5. The van der Waals surface area contributed by atoms with E-state index in [1.165, 1.54) is 24.3 Å². The van der Waals surface area contributed by atoms with Crippen molar-refractivity contribution in [3.8, 4) is 5.75 Å². The van der Waals surface area contributed by atoms with Gasteiger partial charge < -0.3 is 10.5 Å². The smallest absolute Gasteiger partial charge is 0.165 e. The van der Waals surface area contributed by atoms with Gasteiger partial charge in [0.15, 0.2) is 11.6 Å². The topological polar surface area (TPSA) is 35.2 Å². The fraction of sp³-hybridized carbons (Fsp3) is 0.333. The van der Waals surface area contributed by atoms with Crippen molar-refractivity contribution in [3.05, 3.63) is 64.5 Å². The maximum atomic E-state index is 13.5. The van der Waals surface area contributed by atoms with Crippen molar-refractivity contribution in [3.63, 3.8) is 0 Å². The van der Waals surface area contributed by atoms with Gasteiger partial charge in [-0.2, -0.15) is 0 Å². The Balaban J connectivity index is 2.45. The Bertz CT molecular complexity index is 625. The first-order valence-electron chi connectivity index (χ1n) is 7.31. The normalized spacial score (nSPS) is 12.2. The molecule has 0 saturated heterocycles. The van der Waals surface area contributed by atoms with Crippen molar-refractivity contribution in [1.29, 1.82) is 0 Å². The van der Waals surface area contributed by atoms with Crippen LogP contribution in [0.1, 0.15) is 42.1 Å². The maximum absolute atomic E-state index is 13.5. The summed E-state index contributed by atoms with van der Waals surface area (Å²) in [7, 11) is 1.46. The zero-order valence-corrected chi connectivity index (χ0v) is 12.8. The summed E-state index contributed by atoms with van der Waals surface area (Å²) in [6.45, 7) is 4.24. The lowest BCUT2D eigenvalue weighted by molar-refractivity contribution is 0.385. The Morgan fingerprint density at radius 2 is 1.86 bits per heavy atom.